The zero-order valence-electron chi connectivity index (χ0n) is 24.3. The van der Waals surface area contributed by atoms with E-state index in [9.17, 15) is 18.0 Å². The summed E-state index contributed by atoms with van der Waals surface area (Å²) in [7, 11) is -0.197. The highest BCUT2D eigenvalue weighted by Gasteiger charge is 2.34. The average Bonchev–Trinajstić information content (AvgIpc) is 3.00. The first-order chi connectivity index (χ1) is 20.1. The number of nitrogens with zero attached hydrogens (tertiary/aromatic N) is 2. The third-order valence-electron chi connectivity index (χ3n) is 6.54. The Kier molecular flexibility index (Phi) is 11.5. The van der Waals surface area contributed by atoms with Crippen LogP contribution in [-0.2, 0) is 26.2 Å². The molecular formula is C30H36ClN3O7S. The lowest BCUT2D eigenvalue weighted by atomic mass is 10.1. The van der Waals surface area contributed by atoms with Gasteiger partial charge in [0.15, 0.2) is 11.5 Å². The van der Waals surface area contributed by atoms with E-state index in [1.54, 1.807) is 13.0 Å². The molecule has 42 heavy (non-hydrogen) atoms. The molecule has 0 aromatic heterocycles. The van der Waals surface area contributed by atoms with Crippen molar-refractivity contribution in [1.29, 1.82) is 0 Å². The molecule has 0 aliphatic rings. The highest BCUT2D eigenvalue weighted by molar-refractivity contribution is 7.92. The Morgan fingerprint density at radius 1 is 0.905 bits per heavy atom. The van der Waals surface area contributed by atoms with Crippen LogP contribution in [0.25, 0.3) is 0 Å². The molecule has 0 unspecified atom stereocenters. The van der Waals surface area contributed by atoms with Crippen LogP contribution in [0.4, 0.5) is 5.69 Å². The molecule has 3 aromatic carbocycles. The molecule has 0 spiro atoms. The Labute approximate surface area is 252 Å². The molecule has 0 heterocycles. The molecule has 2 amide bonds. The number of nitrogens with one attached hydrogen (secondary N) is 1. The number of hydrogen-bond donors (Lipinski definition) is 1. The van der Waals surface area contributed by atoms with E-state index in [0.29, 0.717) is 12.3 Å². The van der Waals surface area contributed by atoms with Crippen LogP contribution < -0.4 is 23.8 Å². The minimum absolute atomic E-state index is 0.0517. The van der Waals surface area contributed by atoms with Crippen molar-refractivity contribution in [3.05, 3.63) is 77.3 Å². The van der Waals surface area contributed by atoms with E-state index >= 15 is 0 Å². The molecule has 0 aliphatic heterocycles. The fourth-order valence-corrected chi connectivity index (χ4v) is 5.83. The summed E-state index contributed by atoms with van der Waals surface area (Å²) < 4.78 is 45.4. The molecule has 0 fully saturated rings. The molecule has 1 N–H and O–H groups in total. The van der Waals surface area contributed by atoms with Crippen molar-refractivity contribution in [1.82, 2.24) is 10.2 Å². The monoisotopic (exact) mass is 617 g/mol. The quantitative estimate of drug-likeness (QED) is 0.283. The van der Waals surface area contributed by atoms with Gasteiger partial charge in [0.05, 0.1) is 31.9 Å². The van der Waals surface area contributed by atoms with Crippen LogP contribution in [-0.4, -0.2) is 65.6 Å². The molecule has 0 saturated carbocycles. The molecule has 0 aliphatic carbocycles. The average molecular weight is 618 g/mol. The van der Waals surface area contributed by atoms with Crippen molar-refractivity contribution in [3.8, 4) is 17.2 Å². The molecule has 3 aromatic rings. The minimum Gasteiger partial charge on any atom is -0.495 e. The van der Waals surface area contributed by atoms with E-state index < -0.39 is 28.5 Å². The van der Waals surface area contributed by atoms with Gasteiger partial charge in [-0.05, 0) is 49.2 Å². The Hall–Kier alpha value is -3.96. The topological polar surface area (TPSA) is 114 Å². The van der Waals surface area contributed by atoms with Gasteiger partial charge in [-0.15, -0.1) is 0 Å². The van der Waals surface area contributed by atoms with Gasteiger partial charge in [-0.25, -0.2) is 8.42 Å². The van der Waals surface area contributed by atoms with Gasteiger partial charge in [0, 0.05) is 24.2 Å². The lowest BCUT2D eigenvalue weighted by molar-refractivity contribution is -0.139. The van der Waals surface area contributed by atoms with Crippen molar-refractivity contribution in [2.45, 2.75) is 37.8 Å². The number of anilines is 1. The summed E-state index contributed by atoms with van der Waals surface area (Å²) in [5.74, 6) is -0.255. The first kappa shape index (κ1) is 32.6. The zero-order chi connectivity index (χ0) is 30.9. The summed E-state index contributed by atoms with van der Waals surface area (Å²) in [6, 6.07) is 16.9. The van der Waals surface area contributed by atoms with Crippen LogP contribution >= 0.6 is 11.6 Å². The Bertz CT molecular complexity index is 1490. The molecule has 3 rings (SSSR count). The number of ether oxygens (including phenoxy) is 3. The van der Waals surface area contributed by atoms with E-state index in [1.165, 1.54) is 56.6 Å². The van der Waals surface area contributed by atoms with Crippen molar-refractivity contribution in [3.63, 3.8) is 0 Å². The smallest absolute Gasteiger partial charge is 0.265 e. The number of carbonyl (C=O) groups is 2. The second kappa shape index (κ2) is 14.8. The van der Waals surface area contributed by atoms with E-state index in [2.05, 4.69) is 5.32 Å². The standard InChI is InChI=1S/C30H36ClN3O7S/c1-6-16-32-30(36)21(2)33(19-22-10-8-7-9-11-22)29(35)20-34(25-17-23(31)12-14-26(25)39-3)42(37,38)24-13-15-27(40-4)28(18-24)41-5/h7-15,17-18,21H,6,16,19-20H2,1-5H3,(H,32,36)/t21-/m0/s1. The van der Waals surface area contributed by atoms with Crippen molar-refractivity contribution < 1.29 is 32.2 Å². The first-order valence-electron chi connectivity index (χ1n) is 13.3. The summed E-state index contributed by atoms with van der Waals surface area (Å²) in [6.07, 6.45) is 0.719. The number of halogens is 1. The number of methoxy groups -OCH3 is 3. The Balaban J connectivity index is 2.13. The van der Waals surface area contributed by atoms with Gasteiger partial charge in [0.1, 0.15) is 18.3 Å². The SMILES string of the molecule is CCCNC(=O)[C@H](C)N(Cc1ccccc1)C(=O)CN(c1cc(Cl)ccc1OC)S(=O)(=O)c1ccc(OC)c(OC)c1. The third kappa shape index (κ3) is 7.65. The van der Waals surface area contributed by atoms with Crippen LogP contribution in [0.2, 0.25) is 5.02 Å². The summed E-state index contributed by atoms with van der Waals surface area (Å²) in [5, 5.41) is 3.05. The lowest BCUT2D eigenvalue weighted by Gasteiger charge is -2.32. The molecule has 0 bridgehead atoms. The maximum atomic E-state index is 14.2. The van der Waals surface area contributed by atoms with Crippen LogP contribution in [0.3, 0.4) is 0 Å². The Morgan fingerprint density at radius 2 is 1.55 bits per heavy atom. The van der Waals surface area contributed by atoms with Gasteiger partial charge < -0.3 is 24.4 Å². The number of carbonyl (C=O) groups excluding carboxylic acids is 2. The van der Waals surface area contributed by atoms with Crippen LogP contribution in [0.15, 0.2) is 71.6 Å². The molecule has 226 valence electrons. The number of benzene rings is 3. The number of hydrogen-bond acceptors (Lipinski definition) is 7. The van der Waals surface area contributed by atoms with E-state index in [0.717, 1.165) is 16.3 Å². The van der Waals surface area contributed by atoms with Gasteiger partial charge in [-0.1, -0.05) is 48.9 Å². The summed E-state index contributed by atoms with van der Waals surface area (Å²) >= 11 is 6.29. The lowest BCUT2D eigenvalue weighted by Crippen LogP contribution is -2.51. The van der Waals surface area contributed by atoms with Gasteiger partial charge in [-0.2, -0.15) is 0 Å². The van der Waals surface area contributed by atoms with Gasteiger partial charge in [-0.3, -0.25) is 13.9 Å². The molecule has 1 atom stereocenters. The number of amides is 2. The molecule has 0 radical (unpaired) electrons. The van der Waals surface area contributed by atoms with Crippen LogP contribution in [0.5, 0.6) is 17.2 Å². The highest BCUT2D eigenvalue weighted by Crippen LogP contribution is 2.37. The molecular weight excluding hydrogens is 582 g/mol. The minimum atomic E-state index is -4.41. The normalized spacial score (nSPS) is 11.8. The molecule has 0 saturated heterocycles. The van der Waals surface area contributed by atoms with Crippen molar-refractivity contribution in [2.24, 2.45) is 0 Å². The maximum absolute atomic E-state index is 14.2. The molecule has 12 heteroatoms. The predicted octanol–water partition coefficient (Wildman–Crippen LogP) is 4.50. The largest absolute Gasteiger partial charge is 0.495 e. The zero-order valence-corrected chi connectivity index (χ0v) is 25.9. The summed E-state index contributed by atoms with van der Waals surface area (Å²) in [5.41, 5.74) is 0.825. The molecule has 10 nitrogen and oxygen atoms in total. The van der Waals surface area contributed by atoms with E-state index in [-0.39, 0.29) is 39.6 Å². The van der Waals surface area contributed by atoms with Gasteiger partial charge in [0.25, 0.3) is 10.0 Å². The van der Waals surface area contributed by atoms with E-state index in [4.69, 9.17) is 25.8 Å². The van der Waals surface area contributed by atoms with Crippen LogP contribution in [0, 0.1) is 0 Å². The first-order valence-corrected chi connectivity index (χ1v) is 15.1. The predicted molar refractivity (Wildman–Crippen MR) is 162 cm³/mol. The number of rotatable bonds is 14. The Morgan fingerprint density at radius 3 is 2.17 bits per heavy atom. The fraction of sp³-hybridized carbons (Fsp3) is 0.333. The third-order valence-corrected chi connectivity index (χ3v) is 8.53. The maximum Gasteiger partial charge on any atom is 0.265 e. The van der Waals surface area contributed by atoms with Gasteiger partial charge >= 0.3 is 0 Å². The van der Waals surface area contributed by atoms with Crippen molar-refractivity contribution >= 4 is 39.1 Å². The van der Waals surface area contributed by atoms with Gasteiger partial charge in [0.2, 0.25) is 11.8 Å². The summed E-state index contributed by atoms with van der Waals surface area (Å²) in [6.45, 7) is 3.41. The summed E-state index contributed by atoms with van der Waals surface area (Å²) in [4.78, 5) is 28.2. The van der Waals surface area contributed by atoms with E-state index in [1.807, 2.05) is 37.3 Å². The van der Waals surface area contributed by atoms with Crippen LogP contribution in [0.1, 0.15) is 25.8 Å². The highest BCUT2D eigenvalue weighted by atomic mass is 35.5. The fourth-order valence-electron chi connectivity index (χ4n) is 4.23. The second-order valence-corrected chi connectivity index (χ2v) is 11.6. The number of sulfonamides is 1. The van der Waals surface area contributed by atoms with Crippen molar-refractivity contribution in [2.75, 3.05) is 38.7 Å². The second-order valence-electron chi connectivity index (χ2n) is 9.32.